The molecule has 1 aliphatic rings. The number of aromatic amines is 1. The predicted octanol–water partition coefficient (Wildman–Crippen LogP) is 2.43. The molecule has 0 unspecified atom stereocenters. The molecule has 1 atom stereocenters. The van der Waals surface area contributed by atoms with Crippen LogP contribution in [0.2, 0.25) is 0 Å². The Labute approximate surface area is 168 Å². The van der Waals surface area contributed by atoms with E-state index in [-0.39, 0.29) is 18.3 Å². The monoisotopic (exact) mass is 396 g/mol. The maximum atomic E-state index is 12.5. The number of carbonyl (C=O) groups excluding carboxylic acids is 2. The zero-order valence-corrected chi connectivity index (χ0v) is 16.4. The fraction of sp³-hybridized carbons (Fsp3) is 0.429. The van der Waals surface area contributed by atoms with E-state index in [4.69, 9.17) is 9.15 Å². The number of rotatable bonds is 7. The summed E-state index contributed by atoms with van der Waals surface area (Å²) in [4.78, 5) is 29.1. The van der Waals surface area contributed by atoms with Crippen LogP contribution in [0.15, 0.2) is 34.9 Å². The summed E-state index contributed by atoms with van der Waals surface area (Å²) in [6.45, 7) is 0.582. The zero-order valence-electron chi connectivity index (χ0n) is 16.4. The number of methoxy groups -OCH3 is 1. The lowest BCUT2D eigenvalue weighted by molar-refractivity contribution is -0.150. The Morgan fingerprint density at radius 3 is 2.83 bits per heavy atom. The van der Waals surface area contributed by atoms with Gasteiger partial charge in [0.25, 0.3) is 0 Å². The number of nitrogens with one attached hydrogen (secondary N) is 1. The van der Waals surface area contributed by atoms with Gasteiger partial charge >= 0.3 is 5.97 Å². The van der Waals surface area contributed by atoms with Crippen molar-refractivity contribution in [1.29, 1.82) is 0 Å². The molecule has 3 aromatic rings. The molecule has 0 spiro atoms. The minimum Gasteiger partial charge on any atom is -0.467 e. The molecule has 1 N–H and O–H groups in total. The van der Waals surface area contributed by atoms with Gasteiger partial charge in [0.2, 0.25) is 17.7 Å². The number of hydrogen-bond acceptors (Lipinski definition) is 6. The summed E-state index contributed by atoms with van der Waals surface area (Å²) in [5.41, 5.74) is 2.32. The van der Waals surface area contributed by atoms with Gasteiger partial charge in [0.15, 0.2) is 0 Å². The van der Waals surface area contributed by atoms with E-state index in [1.807, 2.05) is 24.4 Å². The highest BCUT2D eigenvalue weighted by Gasteiger charge is 2.34. The predicted molar refractivity (Wildman–Crippen MR) is 105 cm³/mol. The SMILES string of the molecule is COC(=O)[C@@H]1CCCN1C(=O)CCc1nnc(CCc2c[nH]c3ccccc23)o1. The Hall–Kier alpha value is -3.16. The Morgan fingerprint density at radius 2 is 2.00 bits per heavy atom. The average Bonchev–Trinajstić information content (AvgIpc) is 3.49. The van der Waals surface area contributed by atoms with Crippen LogP contribution in [0, 0.1) is 0 Å². The van der Waals surface area contributed by atoms with E-state index in [0.29, 0.717) is 37.6 Å². The van der Waals surface area contributed by atoms with Crippen LogP contribution in [0.1, 0.15) is 36.6 Å². The maximum Gasteiger partial charge on any atom is 0.328 e. The van der Waals surface area contributed by atoms with E-state index in [1.54, 1.807) is 4.90 Å². The minimum absolute atomic E-state index is 0.0866. The maximum absolute atomic E-state index is 12.5. The van der Waals surface area contributed by atoms with Gasteiger partial charge in [-0.1, -0.05) is 18.2 Å². The number of ether oxygens (including phenoxy) is 1. The lowest BCUT2D eigenvalue weighted by Crippen LogP contribution is -2.41. The molecule has 8 heteroatoms. The Bertz CT molecular complexity index is 1010. The van der Waals surface area contributed by atoms with Crippen LogP contribution in [0.5, 0.6) is 0 Å². The molecule has 1 aromatic carbocycles. The van der Waals surface area contributed by atoms with Gasteiger partial charge in [0, 0.05) is 42.9 Å². The molecule has 29 heavy (non-hydrogen) atoms. The third-order valence-corrected chi connectivity index (χ3v) is 5.39. The average molecular weight is 396 g/mol. The normalized spacial score (nSPS) is 16.4. The smallest absolute Gasteiger partial charge is 0.328 e. The number of aromatic nitrogens is 3. The van der Waals surface area contributed by atoms with Gasteiger partial charge in [-0.15, -0.1) is 10.2 Å². The van der Waals surface area contributed by atoms with Gasteiger partial charge < -0.3 is 19.0 Å². The third kappa shape index (κ3) is 4.16. The van der Waals surface area contributed by atoms with Gasteiger partial charge in [-0.2, -0.15) is 0 Å². The van der Waals surface area contributed by atoms with Crippen molar-refractivity contribution < 1.29 is 18.7 Å². The number of H-pyrrole nitrogens is 1. The summed E-state index contributed by atoms with van der Waals surface area (Å²) >= 11 is 0. The van der Waals surface area contributed by atoms with E-state index in [9.17, 15) is 9.59 Å². The van der Waals surface area contributed by atoms with Crippen LogP contribution in [-0.2, 0) is 33.6 Å². The first-order valence-electron chi connectivity index (χ1n) is 9.89. The number of likely N-dealkylation sites (tertiary alicyclic amines) is 1. The topological polar surface area (TPSA) is 101 Å². The molecular formula is C21H24N4O4. The number of amides is 1. The molecule has 0 aliphatic carbocycles. The van der Waals surface area contributed by atoms with Crippen LogP contribution < -0.4 is 0 Å². The Morgan fingerprint density at radius 1 is 1.21 bits per heavy atom. The number of fused-ring (bicyclic) bond motifs is 1. The van der Waals surface area contributed by atoms with E-state index in [0.717, 1.165) is 18.4 Å². The second-order valence-electron chi connectivity index (χ2n) is 7.22. The highest BCUT2D eigenvalue weighted by Crippen LogP contribution is 2.21. The lowest BCUT2D eigenvalue weighted by atomic mass is 10.1. The number of hydrogen-bond donors (Lipinski definition) is 1. The number of nitrogens with zero attached hydrogens (tertiary/aromatic N) is 3. The Balaban J connectivity index is 1.30. The largest absolute Gasteiger partial charge is 0.467 e. The van der Waals surface area contributed by atoms with Crippen molar-refractivity contribution in [2.75, 3.05) is 13.7 Å². The molecule has 4 rings (SSSR count). The highest BCUT2D eigenvalue weighted by atomic mass is 16.5. The number of para-hydroxylation sites is 1. The van der Waals surface area contributed by atoms with E-state index in [1.165, 1.54) is 18.1 Å². The molecule has 152 valence electrons. The fourth-order valence-electron chi connectivity index (χ4n) is 3.87. The first-order valence-corrected chi connectivity index (χ1v) is 9.89. The summed E-state index contributed by atoms with van der Waals surface area (Å²) in [5.74, 6) is 0.567. The van der Waals surface area contributed by atoms with E-state index < -0.39 is 6.04 Å². The van der Waals surface area contributed by atoms with Crippen LogP contribution in [0.3, 0.4) is 0 Å². The van der Waals surface area contributed by atoms with Gasteiger partial charge in [0.05, 0.1) is 7.11 Å². The summed E-state index contributed by atoms with van der Waals surface area (Å²) in [5, 5.41) is 9.36. The van der Waals surface area contributed by atoms with Gasteiger partial charge in [-0.25, -0.2) is 4.79 Å². The molecule has 0 bridgehead atoms. The summed E-state index contributed by atoms with van der Waals surface area (Å²) in [6, 6.07) is 7.69. The molecule has 2 aromatic heterocycles. The van der Waals surface area contributed by atoms with Gasteiger partial charge in [0.1, 0.15) is 6.04 Å². The third-order valence-electron chi connectivity index (χ3n) is 5.39. The van der Waals surface area contributed by atoms with Crippen molar-refractivity contribution in [2.24, 2.45) is 0 Å². The van der Waals surface area contributed by atoms with Crippen LogP contribution >= 0.6 is 0 Å². The molecule has 0 radical (unpaired) electrons. The Kier molecular flexibility index (Phi) is 5.59. The quantitative estimate of drug-likeness (QED) is 0.616. The first kappa shape index (κ1) is 19.2. The summed E-state index contributed by atoms with van der Waals surface area (Å²) in [6.07, 6.45) is 5.49. The highest BCUT2D eigenvalue weighted by molar-refractivity contribution is 5.85. The van der Waals surface area contributed by atoms with Gasteiger partial charge in [-0.05, 0) is 30.9 Å². The molecule has 1 fully saturated rings. The molecule has 1 amide bonds. The molecule has 1 saturated heterocycles. The van der Waals surface area contributed by atoms with Crippen molar-refractivity contribution in [3.8, 4) is 0 Å². The summed E-state index contributed by atoms with van der Waals surface area (Å²) in [7, 11) is 1.35. The first-order chi connectivity index (χ1) is 14.2. The van der Waals surface area contributed by atoms with Crippen LogP contribution in [-0.4, -0.2) is 51.7 Å². The van der Waals surface area contributed by atoms with Crippen molar-refractivity contribution in [3.63, 3.8) is 0 Å². The van der Waals surface area contributed by atoms with E-state index in [2.05, 4.69) is 21.2 Å². The standard InChI is InChI=1S/C21H24N4O4/c1-28-21(27)17-7-4-12-25(17)20(26)11-10-19-24-23-18(29-19)9-8-14-13-22-16-6-3-2-5-15(14)16/h2-3,5-6,13,17,22H,4,7-12H2,1H3/t17-/m0/s1. The van der Waals surface area contributed by atoms with Crippen molar-refractivity contribution in [2.45, 2.75) is 44.6 Å². The number of carbonyl (C=O) groups is 2. The number of benzene rings is 1. The number of esters is 1. The van der Waals surface area contributed by atoms with Gasteiger partial charge in [-0.3, -0.25) is 4.79 Å². The molecule has 1 aliphatic heterocycles. The van der Waals surface area contributed by atoms with Crippen molar-refractivity contribution in [3.05, 3.63) is 47.8 Å². The lowest BCUT2D eigenvalue weighted by Gasteiger charge is -2.22. The summed E-state index contributed by atoms with van der Waals surface area (Å²) < 4.78 is 10.5. The van der Waals surface area contributed by atoms with Crippen molar-refractivity contribution >= 4 is 22.8 Å². The van der Waals surface area contributed by atoms with Crippen molar-refractivity contribution in [1.82, 2.24) is 20.1 Å². The molecule has 8 nitrogen and oxygen atoms in total. The minimum atomic E-state index is -0.470. The fourth-order valence-corrected chi connectivity index (χ4v) is 3.87. The van der Waals surface area contributed by atoms with Crippen LogP contribution in [0.4, 0.5) is 0 Å². The second-order valence-corrected chi connectivity index (χ2v) is 7.22. The second kappa shape index (κ2) is 8.46. The van der Waals surface area contributed by atoms with Crippen LogP contribution in [0.25, 0.3) is 10.9 Å². The molecule has 0 saturated carbocycles. The number of aryl methyl sites for hydroxylation is 3. The zero-order chi connectivity index (χ0) is 20.2. The molecular weight excluding hydrogens is 372 g/mol. The molecule has 3 heterocycles. The van der Waals surface area contributed by atoms with E-state index >= 15 is 0 Å².